The van der Waals surface area contributed by atoms with Crippen LogP contribution in [0.25, 0.3) is 11.2 Å². The Labute approximate surface area is 194 Å². The summed E-state index contributed by atoms with van der Waals surface area (Å²) in [6.07, 6.45) is 16.5. The molecule has 1 N–H and O–H groups in total. The number of ether oxygens (including phenoxy) is 1. The van der Waals surface area contributed by atoms with Crippen molar-refractivity contribution >= 4 is 28.7 Å². The van der Waals surface area contributed by atoms with Gasteiger partial charge in [0, 0.05) is 19.1 Å². The van der Waals surface area contributed by atoms with Crippen LogP contribution < -0.4 is 5.32 Å². The predicted molar refractivity (Wildman–Crippen MR) is 132 cm³/mol. The predicted octanol–water partition coefficient (Wildman–Crippen LogP) is 5.97. The molecule has 32 heavy (non-hydrogen) atoms. The van der Waals surface area contributed by atoms with Crippen molar-refractivity contribution in [1.82, 2.24) is 19.5 Å². The number of rotatable bonds is 9. The third-order valence-electron chi connectivity index (χ3n) is 5.70. The molecule has 7 heteroatoms. The first-order chi connectivity index (χ1) is 15.8. The first kappa shape index (κ1) is 22.6. The number of nitrogens with one attached hydrogen (secondary N) is 1. The van der Waals surface area contributed by atoms with E-state index in [0.29, 0.717) is 5.92 Å². The van der Waals surface area contributed by atoms with Crippen LogP contribution >= 0.6 is 11.8 Å². The van der Waals surface area contributed by atoms with Crippen LogP contribution in [0.4, 0.5) is 5.82 Å². The van der Waals surface area contributed by atoms with Gasteiger partial charge in [0.25, 0.3) is 0 Å². The molecule has 1 aliphatic heterocycles. The Balaban J connectivity index is 1.59. The number of nitrogens with zero attached hydrogens (tertiary/aromatic N) is 4. The highest BCUT2D eigenvalue weighted by Gasteiger charge is 2.21. The smallest absolute Gasteiger partial charge is 0.191 e. The lowest BCUT2D eigenvalue weighted by Crippen LogP contribution is -2.18. The summed E-state index contributed by atoms with van der Waals surface area (Å²) in [7, 11) is 0. The quantitative estimate of drug-likeness (QED) is 0.247. The molecule has 168 valence electrons. The van der Waals surface area contributed by atoms with Gasteiger partial charge < -0.3 is 10.1 Å². The summed E-state index contributed by atoms with van der Waals surface area (Å²) in [6.45, 7) is 3.58. The summed E-state index contributed by atoms with van der Waals surface area (Å²) in [5.74, 6) is 1.11. The minimum Gasteiger partial charge on any atom is -0.367 e. The summed E-state index contributed by atoms with van der Waals surface area (Å²) in [5.41, 5.74) is 2.94. The molecule has 2 aromatic heterocycles. The fraction of sp³-hybridized carbons (Fsp3) is 0.400. The van der Waals surface area contributed by atoms with Crippen molar-refractivity contribution in [2.24, 2.45) is 0 Å². The molecule has 6 nitrogen and oxygen atoms in total. The maximum Gasteiger partial charge on any atom is 0.191 e. The standard InChI is InChI=1S/C25H31N5OS/c1-3-4-5-7-14-20(19-12-8-6-9-13-19)17-26-23-22-24(29-25(28-23)32-2)30(18-27-22)21-15-10-11-16-31-21/h3-9,12-13,18,20-21H,10-11,14-17H2,1-2H3,(H,26,28,29)/b4-3-,7-5-/t20-,21?/m0/s1. The normalized spacial score (nSPS) is 18.0. The molecule has 1 fully saturated rings. The molecule has 0 saturated carbocycles. The lowest BCUT2D eigenvalue weighted by molar-refractivity contribution is -0.0298. The maximum atomic E-state index is 5.99. The Morgan fingerprint density at radius 1 is 1.22 bits per heavy atom. The van der Waals surface area contributed by atoms with E-state index in [1.54, 1.807) is 11.8 Å². The lowest BCUT2D eigenvalue weighted by Gasteiger charge is -2.24. The molecule has 4 rings (SSSR count). The molecule has 1 aliphatic rings. The van der Waals surface area contributed by atoms with E-state index in [-0.39, 0.29) is 6.23 Å². The summed E-state index contributed by atoms with van der Waals surface area (Å²) < 4.78 is 8.05. The van der Waals surface area contributed by atoms with Gasteiger partial charge >= 0.3 is 0 Å². The maximum absolute atomic E-state index is 5.99. The van der Waals surface area contributed by atoms with Crippen molar-refractivity contribution in [2.75, 3.05) is 24.7 Å². The zero-order valence-electron chi connectivity index (χ0n) is 18.8. The van der Waals surface area contributed by atoms with Crippen LogP contribution in [-0.2, 0) is 4.74 Å². The van der Waals surface area contributed by atoms with E-state index in [1.165, 1.54) is 5.56 Å². The number of fused-ring (bicyclic) bond motifs is 1. The molecule has 2 atom stereocenters. The van der Waals surface area contributed by atoms with Crippen LogP contribution in [0.1, 0.15) is 50.3 Å². The van der Waals surface area contributed by atoms with E-state index >= 15 is 0 Å². The third kappa shape index (κ3) is 5.40. The van der Waals surface area contributed by atoms with Crippen LogP contribution in [0.2, 0.25) is 0 Å². The molecule has 0 bridgehead atoms. The molecular formula is C25H31N5OS. The first-order valence-electron chi connectivity index (χ1n) is 11.3. The van der Waals surface area contributed by atoms with Crippen LogP contribution in [0.15, 0.2) is 66.1 Å². The molecule has 0 spiro atoms. The summed E-state index contributed by atoms with van der Waals surface area (Å²) in [5, 5.41) is 4.32. The second-order valence-corrected chi connectivity index (χ2v) is 8.66. The number of allylic oxidation sites excluding steroid dienone is 4. The monoisotopic (exact) mass is 449 g/mol. The molecule has 1 aromatic carbocycles. The SMILES string of the molecule is C/C=C\C=C/C[C@@H](CNc1nc(SC)nc2c1ncn2C1CCCCO1)c1ccccc1. The lowest BCUT2D eigenvalue weighted by atomic mass is 9.95. The largest absolute Gasteiger partial charge is 0.367 e. The number of imidazole rings is 1. The number of anilines is 1. The molecule has 0 amide bonds. The highest BCUT2D eigenvalue weighted by atomic mass is 32.2. The summed E-state index contributed by atoms with van der Waals surface area (Å²) in [4.78, 5) is 14.2. The van der Waals surface area contributed by atoms with Crippen molar-refractivity contribution in [1.29, 1.82) is 0 Å². The average molecular weight is 450 g/mol. The Morgan fingerprint density at radius 2 is 2.09 bits per heavy atom. The Bertz CT molecular complexity index is 1060. The van der Waals surface area contributed by atoms with Gasteiger partial charge in [-0.05, 0) is 44.4 Å². The molecule has 1 unspecified atom stereocenters. The van der Waals surface area contributed by atoms with E-state index in [4.69, 9.17) is 14.7 Å². The first-order valence-corrected chi connectivity index (χ1v) is 12.5. The van der Waals surface area contributed by atoms with Crippen molar-refractivity contribution in [3.63, 3.8) is 0 Å². The number of aromatic nitrogens is 4. The van der Waals surface area contributed by atoms with Gasteiger partial charge in [-0.1, -0.05) is 66.4 Å². The molecule has 0 radical (unpaired) electrons. The molecular weight excluding hydrogens is 418 g/mol. The second-order valence-electron chi connectivity index (χ2n) is 7.88. The Hall–Kier alpha value is -2.64. The highest BCUT2D eigenvalue weighted by Crippen LogP contribution is 2.30. The number of hydrogen-bond donors (Lipinski definition) is 1. The fourth-order valence-electron chi connectivity index (χ4n) is 3.98. The third-order valence-corrected chi connectivity index (χ3v) is 6.24. The second kappa shape index (κ2) is 11.3. The summed E-state index contributed by atoms with van der Waals surface area (Å²) in [6, 6.07) is 10.6. The number of hydrogen-bond acceptors (Lipinski definition) is 6. The van der Waals surface area contributed by atoms with Gasteiger partial charge in [0.15, 0.2) is 22.1 Å². The van der Waals surface area contributed by atoms with Crippen molar-refractivity contribution in [2.45, 2.75) is 49.9 Å². The van der Waals surface area contributed by atoms with Crippen molar-refractivity contribution < 1.29 is 4.74 Å². The van der Waals surface area contributed by atoms with Crippen molar-refractivity contribution in [3.05, 3.63) is 66.5 Å². The van der Waals surface area contributed by atoms with E-state index < -0.39 is 0 Å². The van der Waals surface area contributed by atoms with Crippen LogP contribution in [-0.4, -0.2) is 38.9 Å². The molecule has 1 saturated heterocycles. The highest BCUT2D eigenvalue weighted by molar-refractivity contribution is 7.98. The molecule has 3 heterocycles. The van der Waals surface area contributed by atoms with Gasteiger partial charge in [0.2, 0.25) is 0 Å². The van der Waals surface area contributed by atoms with Crippen LogP contribution in [0.3, 0.4) is 0 Å². The average Bonchev–Trinajstić information content (AvgIpc) is 3.28. The van der Waals surface area contributed by atoms with E-state index in [9.17, 15) is 0 Å². The van der Waals surface area contributed by atoms with Gasteiger partial charge in [-0.15, -0.1) is 0 Å². The van der Waals surface area contributed by atoms with Gasteiger partial charge in [-0.2, -0.15) is 0 Å². The zero-order valence-corrected chi connectivity index (χ0v) is 19.6. The summed E-state index contributed by atoms with van der Waals surface area (Å²) >= 11 is 1.54. The van der Waals surface area contributed by atoms with E-state index in [0.717, 1.165) is 61.0 Å². The van der Waals surface area contributed by atoms with Crippen LogP contribution in [0, 0.1) is 0 Å². The topological polar surface area (TPSA) is 64.9 Å². The minimum atomic E-state index is 0.0000286. The van der Waals surface area contributed by atoms with E-state index in [2.05, 4.69) is 63.4 Å². The minimum absolute atomic E-state index is 0.0000286. The Kier molecular flexibility index (Phi) is 7.96. The number of benzene rings is 1. The van der Waals surface area contributed by atoms with E-state index in [1.807, 2.05) is 25.6 Å². The van der Waals surface area contributed by atoms with Gasteiger partial charge in [0.1, 0.15) is 6.23 Å². The fourth-order valence-corrected chi connectivity index (χ4v) is 4.34. The number of thioether (sulfide) groups is 1. The van der Waals surface area contributed by atoms with Gasteiger partial charge in [-0.25, -0.2) is 15.0 Å². The Morgan fingerprint density at radius 3 is 2.84 bits per heavy atom. The van der Waals surface area contributed by atoms with Crippen LogP contribution in [0.5, 0.6) is 0 Å². The molecule has 0 aliphatic carbocycles. The van der Waals surface area contributed by atoms with Gasteiger partial charge in [-0.3, -0.25) is 4.57 Å². The zero-order chi connectivity index (χ0) is 22.2. The van der Waals surface area contributed by atoms with Gasteiger partial charge in [0.05, 0.1) is 6.33 Å². The van der Waals surface area contributed by atoms with Crippen molar-refractivity contribution in [3.8, 4) is 0 Å². The molecule has 3 aromatic rings.